The van der Waals surface area contributed by atoms with Gasteiger partial charge in [-0.15, -0.1) is 0 Å². The van der Waals surface area contributed by atoms with Crippen LogP contribution in [0.1, 0.15) is 21.6 Å². The van der Waals surface area contributed by atoms with Crippen LogP contribution in [0.2, 0.25) is 0 Å². The van der Waals surface area contributed by atoms with E-state index in [9.17, 15) is 18.0 Å². The molecule has 1 aromatic heterocycles. The summed E-state index contributed by atoms with van der Waals surface area (Å²) in [6.07, 6.45) is -4.60. The lowest BCUT2D eigenvalue weighted by molar-refractivity contribution is -0.142. The number of halogens is 3. The maximum absolute atomic E-state index is 12.3. The molecule has 0 aliphatic carbocycles. The van der Waals surface area contributed by atoms with Crippen LogP contribution in [0, 0.1) is 6.92 Å². The monoisotopic (exact) mass is 270 g/mol. The van der Waals surface area contributed by atoms with E-state index in [1.807, 2.05) is 0 Å². The number of anilines is 1. The Labute approximate surface area is 106 Å². The molecule has 100 valence electrons. The van der Waals surface area contributed by atoms with E-state index in [1.54, 1.807) is 31.2 Å². The van der Waals surface area contributed by atoms with Gasteiger partial charge in [-0.25, -0.2) is 0 Å². The zero-order valence-electron chi connectivity index (χ0n) is 9.78. The topological polar surface area (TPSA) is 55.1 Å². The highest BCUT2D eigenvalue weighted by Crippen LogP contribution is 2.29. The first-order valence-corrected chi connectivity index (χ1v) is 5.29. The standard InChI is InChI=1S/C12H9F3N2O2/c1-7-4-2-3-5-8(7)11(18)16-10-6-9(17-19-10)12(13,14)15/h2-6H,1H3,(H,16,18). The SMILES string of the molecule is Cc1ccccc1C(=O)Nc1cc(C(F)(F)F)no1. The van der Waals surface area contributed by atoms with Crippen LogP contribution in [-0.4, -0.2) is 11.1 Å². The Hall–Kier alpha value is -2.31. The van der Waals surface area contributed by atoms with Gasteiger partial charge in [0.05, 0.1) is 0 Å². The van der Waals surface area contributed by atoms with E-state index in [2.05, 4.69) is 15.0 Å². The molecule has 0 spiro atoms. The molecule has 0 saturated heterocycles. The van der Waals surface area contributed by atoms with Gasteiger partial charge < -0.3 is 4.52 Å². The Morgan fingerprint density at radius 3 is 2.58 bits per heavy atom. The average Bonchev–Trinajstić information content (AvgIpc) is 2.77. The van der Waals surface area contributed by atoms with Crippen molar-refractivity contribution in [1.82, 2.24) is 5.16 Å². The molecule has 2 aromatic rings. The van der Waals surface area contributed by atoms with E-state index >= 15 is 0 Å². The van der Waals surface area contributed by atoms with Gasteiger partial charge in [0.25, 0.3) is 5.91 Å². The van der Waals surface area contributed by atoms with Gasteiger partial charge in [0.15, 0.2) is 5.69 Å². The number of hydrogen-bond acceptors (Lipinski definition) is 3. The van der Waals surface area contributed by atoms with E-state index < -0.39 is 17.8 Å². The van der Waals surface area contributed by atoms with Crippen molar-refractivity contribution >= 4 is 11.8 Å². The van der Waals surface area contributed by atoms with Gasteiger partial charge >= 0.3 is 6.18 Å². The van der Waals surface area contributed by atoms with Crippen LogP contribution in [0.5, 0.6) is 0 Å². The zero-order chi connectivity index (χ0) is 14.0. The van der Waals surface area contributed by atoms with Crippen molar-refractivity contribution in [2.75, 3.05) is 5.32 Å². The fourth-order valence-electron chi connectivity index (χ4n) is 1.47. The molecule has 1 N–H and O–H groups in total. The van der Waals surface area contributed by atoms with Crippen molar-refractivity contribution in [3.05, 3.63) is 47.2 Å². The van der Waals surface area contributed by atoms with Crippen LogP contribution in [0.3, 0.4) is 0 Å². The molecule has 0 aliphatic heterocycles. The summed E-state index contributed by atoms with van der Waals surface area (Å²) in [6, 6.07) is 7.32. The number of hydrogen-bond donors (Lipinski definition) is 1. The third kappa shape index (κ3) is 2.93. The van der Waals surface area contributed by atoms with Crippen molar-refractivity contribution in [2.24, 2.45) is 0 Å². The summed E-state index contributed by atoms with van der Waals surface area (Å²) in [4.78, 5) is 11.8. The molecule has 1 heterocycles. The number of aromatic nitrogens is 1. The smallest absolute Gasteiger partial charge is 0.338 e. The summed E-state index contributed by atoms with van der Waals surface area (Å²) in [5, 5.41) is 5.07. The Bertz CT molecular complexity index is 605. The summed E-state index contributed by atoms with van der Waals surface area (Å²) < 4.78 is 41.3. The second-order valence-corrected chi connectivity index (χ2v) is 3.84. The second-order valence-electron chi connectivity index (χ2n) is 3.84. The minimum absolute atomic E-state index is 0.347. The lowest BCUT2D eigenvalue weighted by Gasteiger charge is -2.03. The fourth-order valence-corrected chi connectivity index (χ4v) is 1.47. The van der Waals surface area contributed by atoms with E-state index in [-0.39, 0.29) is 5.88 Å². The van der Waals surface area contributed by atoms with Gasteiger partial charge in [0.1, 0.15) is 0 Å². The molecule has 1 amide bonds. The third-order valence-electron chi connectivity index (χ3n) is 2.43. The molecule has 0 radical (unpaired) electrons. The van der Waals surface area contributed by atoms with Crippen LogP contribution in [0.15, 0.2) is 34.9 Å². The highest BCUT2D eigenvalue weighted by atomic mass is 19.4. The summed E-state index contributed by atoms with van der Waals surface area (Å²) in [5.74, 6) is -0.899. The van der Waals surface area contributed by atoms with Gasteiger partial charge in [-0.3, -0.25) is 10.1 Å². The van der Waals surface area contributed by atoms with Crippen LogP contribution < -0.4 is 5.32 Å². The number of nitrogens with one attached hydrogen (secondary N) is 1. The number of rotatable bonds is 2. The Morgan fingerprint density at radius 2 is 2.00 bits per heavy atom. The van der Waals surface area contributed by atoms with Crippen molar-refractivity contribution in [3.63, 3.8) is 0 Å². The van der Waals surface area contributed by atoms with Crippen molar-refractivity contribution in [2.45, 2.75) is 13.1 Å². The number of benzene rings is 1. The summed E-state index contributed by atoms with van der Waals surface area (Å²) in [7, 11) is 0. The molecule has 0 saturated carbocycles. The van der Waals surface area contributed by atoms with Gasteiger partial charge in [-0.2, -0.15) is 13.2 Å². The normalized spacial score (nSPS) is 11.4. The first-order valence-electron chi connectivity index (χ1n) is 5.29. The first-order chi connectivity index (χ1) is 8.88. The Balaban J connectivity index is 2.16. The minimum atomic E-state index is -4.60. The van der Waals surface area contributed by atoms with Crippen molar-refractivity contribution < 1.29 is 22.5 Å². The van der Waals surface area contributed by atoms with E-state index in [0.717, 1.165) is 0 Å². The molecule has 19 heavy (non-hydrogen) atoms. The maximum Gasteiger partial charge on any atom is 0.436 e. The number of carbonyl (C=O) groups excluding carboxylic acids is 1. The van der Waals surface area contributed by atoms with Gasteiger partial charge in [-0.1, -0.05) is 23.4 Å². The summed E-state index contributed by atoms with van der Waals surface area (Å²) >= 11 is 0. The highest BCUT2D eigenvalue weighted by Gasteiger charge is 2.35. The Kier molecular flexibility index (Phi) is 3.28. The number of carbonyl (C=O) groups is 1. The second kappa shape index (κ2) is 4.75. The maximum atomic E-state index is 12.3. The quantitative estimate of drug-likeness (QED) is 0.911. The van der Waals surface area contributed by atoms with Crippen LogP contribution in [0.4, 0.5) is 19.1 Å². The first kappa shape index (κ1) is 13.1. The van der Waals surface area contributed by atoms with Gasteiger partial charge in [-0.05, 0) is 18.6 Å². The molecule has 0 bridgehead atoms. The molecule has 0 fully saturated rings. The molecule has 2 rings (SSSR count). The van der Waals surface area contributed by atoms with Crippen molar-refractivity contribution in [3.8, 4) is 0 Å². The lowest BCUT2D eigenvalue weighted by Crippen LogP contribution is -2.12. The van der Waals surface area contributed by atoms with Gasteiger partial charge in [0, 0.05) is 11.6 Å². The molecule has 0 atom stereocenters. The minimum Gasteiger partial charge on any atom is -0.338 e. The molecule has 7 heteroatoms. The average molecular weight is 270 g/mol. The highest BCUT2D eigenvalue weighted by molar-refractivity contribution is 6.04. The predicted octanol–water partition coefficient (Wildman–Crippen LogP) is 3.25. The molecular weight excluding hydrogens is 261 g/mol. The molecule has 0 aliphatic rings. The number of alkyl halides is 3. The summed E-state index contributed by atoms with van der Waals surface area (Å²) in [6.45, 7) is 1.72. The molecule has 4 nitrogen and oxygen atoms in total. The van der Waals surface area contributed by atoms with Crippen LogP contribution in [0.25, 0.3) is 0 Å². The number of amides is 1. The number of aryl methyl sites for hydroxylation is 1. The third-order valence-corrected chi connectivity index (χ3v) is 2.43. The van der Waals surface area contributed by atoms with Crippen LogP contribution >= 0.6 is 0 Å². The van der Waals surface area contributed by atoms with Crippen LogP contribution in [-0.2, 0) is 6.18 Å². The zero-order valence-corrected chi connectivity index (χ0v) is 9.78. The Morgan fingerprint density at radius 1 is 1.32 bits per heavy atom. The fraction of sp³-hybridized carbons (Fsp3) is 0.167. The molecule has 1 aromatic carbocycles. The largest absolute Gasteiger partial charge is 0.436 e. The molecule has 0 unspecified atom stereocenters. The predicted molar refractivity (Wildman–Crippen MR) is 60.6 cm³/mol. The summed E-state index contributed by atoms with van der Waals surface area (Å²) in [5.41, 5.74) is -0.129. The number of nitrogens with zero attached hydrogens (tertiary/aromatic N) is 1. The lowest BCUT2D eigenvalue weighted by atomic mass is 10.1. The van der Waals surface area contributed by atoms with Gasteiger partial charge in [0.2, 0.25) is 5.88 Å². The van der Waals surface area contributed by atoms with Crippen molar-refractivity contribution in [1.29, 1.82) is 0 Å². The van der Waals surface area contributed by atoms with E-state index in [4.69, 9.17) is 0 Å². The van der Waals surface area contributed by atoms with E-state index in [0.29, 0.717) is 17.2 Å². The molecular formula is C12H9F3N2O2. The van der Waals surface area contributed by atoms with E-state index in [1.165, 1.54) is 0 Å².